The second-order valence-electron chi connectivity index (χ2n) is 4.97. The van der Waals surface area contributed by atoms with Crippen LogP contribution in [-0.4, -0.2) is 23.5 Å². The molecule has 0 N–H and O–H groups in total. The van der Waals surface area contributed by atoms with Gasteiger partial charge < -0.3 is 4.74 Å². The van der Waals surface area contributed by atoms with E-state index in [0.29, 0.717) is 5.56 Å². The monoisotopic (exact) mass is 351 g/mol. The first-order chi connectivity index (χ1) is 11.7. The van der Waals surface area contributed by atoms with Crippen molar-refractivity contribution in [3.8, 4) is 5.75 Å². The van der Waals surface area contributed by atoms with E-state index in [1.54, 1.807) is 0 Å². The number of hydrogen-bond donors (Lipinski definition) is 0. The molecule has 0 saturated carbocycles. The number of halogens is 3. The SMILES string of the molecule is O=C(C=Cc1ccc(OCC(F)(F)F)cc1)c1ccc([N+](=O)[O-])cc1. The van der Waals surface area contributed by atoms with E-state index in [0.717, 1.165) is 0 Å². The van der Waals surface area contributed by atoms with Crippen molar-refractivity contribution in [1.29, 1.82) is 0 Å². The Morgan fingerprint density at radius 3 is 2.20 bits per heavy atom. The predicted octanol–water partition coefficient (Wildman–Crippen LogP) is 4.43. The van der Waals surface area contributed by atoms with Crippen molar-refractivity contribution in [2.75, 3.05) is 6.61 Å². The molecule has 0 bridgehead atoms. The minimum Gasteiger partial charge on any atom is -0.484 e. The summed E-state index contributed by atoms with van der Waals surface area (Å²) in [5.41, 5.74) is 0.761. The third-order valence-corrected chi connectivity index (χ3v) is 3.07. The molecule has 0 spiro atoms. The summed E-state index contributed by atoms with van der Waals surface area (Å²) in [6.07, 6.45) is -1.65. The zero-order valence-corrected chi connectivity index (χ0v) is 12.7. The molecule has 8 heteroatoms. The van der Waals surface area contributed by atoms with Gasteiger partial charge in [0.1, 0.15) is 5.75 Å². The molecule has 0 radical (unpaired) electrons. The van der Waals surface area contributed by atoms with Crippen LogP contribution in [0.3, 0.4) is 0 Å². The predicted molar refractivity (Wildman–Crippen MR) is 84.5 cm³/mol. The minimum absolute atomic E-state index is 0.0659. The highest BCUT2D eigenvalue weighted by atomic mass is 19.4. The average molecular weight is 351 g/mol. The molecular weight excluding hydrogens is 339 g/mol. The van der Waals surface area contributed by atoms with Gasteiger partial charge >= 0.3 is 6.18 Å². The van der Waals surface area contributed by atoms with Crippen LogP contribution in [0.2, 0.25) is 0 Å². The number of ketones is 1. The molecule has 0 amide bonds. The highest BCUT2D eigenvalue weighted by molar-refractivity contribution is 6.06. The van der Waals surface area contributed by atoms with E-state index in [9.17, 15) is 28.1 Å². The lowest BCUT2D eigenvalue weighted by molar-refractivity contribution is -0.384. The molecule has 0 aliphatic rings. The number of rotatable bonds is 6. The molecule has 0 saturated heterocycles. The maximum absolute atomic E-state index is 12.0. The third-order valence-electron chi connectivity index (χ3n) is 3.07. The van der Waals surface area contributed by atoms with Crippen LogP contribution < -0.4 is 4.74 Å². The molecule has 0 aromatic heterocycles. The number of non-ortho nitro benzene ring substituents is 1. The number of alkyl halides is 3. The summed E-state index contributed by atoms with van der Waals surface area (Å²) in [4.78, 5) is 22.0. The molecule has 0 aliphatic carbocycles. The number of nitro benzene ring substituents is 1. The van der Waals surface area contributed by atoms with Crippen molar-refractivity contribution >= 4 is 17.5 Å². The van der Waals surface area contributed by atoms with Crippen molar-refractivity contribution in [2.24, 2.45) is 0 Å². The van der Waals surface area contributed by atoms with Crippen molar-refractivity contribution in [3.05, 3.63) is 75.8 Å². The molecule has 0 atom stereocenters. The van der Waals surface area contributed by atoms with Crippen molar-refractivity contribution in [2.45, 2.75) is 6.18 Å². The fourth-order valence-corrected chi connectivity index (χ4v) is 1.86. The van der Waals surface area contributed by atoms with Gasteiger partial charge in [-0.3, -0.25) is 14.9 Å². The highest BCUT2D eigenvalue weighted by Gasteiger charge is 2.28. The lowest BCUT2D eigenvalue weighted by Gasteiger charge is -2.08. The molecular formula is C17H12F3NO4. The Balaban J connectivity index is 1.98. The quantitative estimate of drug-likeness (QED) is 0.334. The largest absolute Gasteiger partial charge is 0.484 e. The Morgan fingerprint density at radius 1 is 1.08 bits per heavy atom. The first kappa shape index (κ1) is 18.2. The second-order valence-corrected chi connectivity index (χ2v) is 4.97. The molecule has 0 fully saturated rings. The van der Waals surface area contributed by atoms with E-state index in [1.807, 2.05) is 0 Å². The molecule has 130 valence electrons. The van der Waals surface area contributed by atoms with Gasteiger partial charge in [0, 0.05) is 17.7 Å². The van der Waals surface area contributed by atoms with Crippen LogP contribution in [-0.2, 0) is 0 Å². The summed E-state index contributed by atoms with van der Waals surface area (Å²) in [5, 5.41) is 10.6. The highest BCUT2D eigenvalue weighted by Crippen LogP contribution is 2.19. The van der Waals surface area contributed by atoms with Gasteiger partial charge in [-0.25, -0.2) is 0 Å². The summed E-state index contributed by atoms with van der Waals surface area (Å²) >= 11 is 0. The van der Waals surface area contributed by atoms with E-state index in [2.05, 4.69) is 4.74 Å². The van der Waals surface area contributed by atoms with Gasteiger partial charge in [-0.15, -0.1) is 0 Å². The number of ether oxygens (including phenoxy) is 1. The summed E-state index contributed by atoms with van der Waals surface area (Å²) in [7, 11) is 0. The van der Waals surface area contributed by atoms with Crippen LogP contribution in [0.4, 0.5) is 18.9 Å². The summed E-state index contributed by atoms with van der Waals surface area (Å²) in [6.45, 7) is -1.37. The fraction of sp³-hybridized carbons (Fsp3) is 0.118. The summed E-state index contributed by atoms with van der Waals surface area (Å²) < 4.78 is 40.7. The first-order valence-corrected chi connectivity index (χ1v) is 7.01. The van der Waals surface area contributed by atoms with Crippen LogP contribution in [0.1, 0.15) is 15.9 Å². The van der Waals surface area contributed by atoms with Gasteiger partial charge in [0.25, 0.3) is 5.69 Å². The molecule has 25 heavy (non-hydrogen) atoms. The number of allylic oxidation sites excluding steroid dienone is 1. The number of nitro groups is 1. The smallest absolute Gasteiger partial charge is 0.422 e. The Morgan fingerprint density at radius 2 is 1.68 bits per heavy atom. The summed E-state index contributed by atoms with van der Waals surface area (Å²) in [5.74, 6) is -0.288. The molecule has 2 aromatic rings. The standard InChI is InChI=1S/C17H12F3NO4/c18-17(19,20)11-25-15-8-1-12(2-9-15)3-10-16(22)13-4-6-14(7-5-13)21(23)24/h1-10H,11H2. The van der Waals surface area contributed by atoms with Crippen molar-refractivity contribution in [3.63, 3.8) is 0 Å². The van der Waals surface area contributed by atoms with Gasteiger partial charge in [-0.1, -0.05) is 18.2 Å². The molecule has 2 aromatic carbocycles. The Bertz CT molecular complexity index is 781. The van der Waals surface area contributed by atoms with E-state index in [4.69, 9.17) is 0 Å². The lowest BCUT2D eigenvalue weighted by Crippen LogP contribution is -2.19. The molecule has 0 aliphatic heterocycles. The van der Waals surface area contributed by atoms with Crippen molar-refractivity contribution < 1.29 is 27.6 Å². The van der Waals surface area contributed by atoms with E-state index < -0.39 is 17.7 Å². The second kappa shape index (κ2) is 7.61. The van der Waals surface area contributed by atoms with Crippen LogP contribution in [0.5, 0.6) is 5.75 Å². The maximum atomic E-state index is 12.0. The fourth-order valence-electron chi connectivity index (χ4n) is 1.86. The number of carbonyl (C=O) groups is 1. The average Bonchev–Trinajstić information content (AvgIpc) is 2.58. The Hall–Kier alpha value is -3.16. The zero-order valence-electron chi connectivity index (χ0n) is 12.7. The van der Waals surface area contributed by atoms with Crippen LogP contribution in [0.15, 0.2) is 54.6 Å². The Kier molecular flexibility index (Phi) is 5.53. The van der Waals surface area contributed by atoms with Gasteiger partial charge in [0.2, 0.25) is 0 Å². The zero-order chi connectivity index (χ0) is 18.4. The molecule has 0 unspecified atom stereocenters. The maximum Gasteiger partial charge on any atom is 0.422 e. The van der Waals surface area contributed by atoms with Gasteiger partial charge in [0.05, 0.1) is 4.92 Å². The topological polar surface area (TPSA) is 69.4 Å². The van der Waals surface area contributed by atoms with Gasteiger partial charge in [-0.2, -0.15) is 13.2 Å². The van der Waals surface area contributed by atoms with E-state index >= 15 is 0 Å². The Labute approximate surface area is 140 Å². The van der Waals surface area contributed by atoms with E-state index in [1.165, 1.54) is 60.7 Å². The molecule has 2 rings (SSSR count). The lowest BCUT2D eigenvalue weighted by atomic mass is 10.1. The minimum atomic E-state index is -4.41. The number of nitrogens with zero attached hydrogens (tertiary/aromatic N) is 1. The van der Waals surface area contributed by atoms with Crippen molar-refractivity contribution in [1.82, 2.24) is 0 Å². The molecule has 0 heterocycles. The van der Waals surface area contributed by atoms with Crippen LogP contribution >= 0.6 is 0 Å². The number of hydrogen-bond acceptors (Lipinski definition) is 4. The van der Waals surface area contributed by atoms with Gasteiger partial charge in [-0.05, 0) is 35.9 Å². The normalized spacial score (nSPS) is 11.5. The first-order valence-electron chi connectivity index (χ1n) is 7.01. The third kappa shape index (κ3) is 5.76. The van der Waals surface area contributed by atoms with E-state index in [-0.39, 0.29) is 22.8 Å². The van der Waals surface area contributed by atoms with Crippen LogP contribution in [0, 0.1) is 10.1 Å². The number of carbonyl (C=O) groups excluding carboxylic acids is 1. The number of benzene rings is 2. The summed E-state index contributed by atoms with van der Waals surface area (Å²) in [6, 6.07) is 10.9. The molecule has 5 nitrogen and oxygen atoms in total. The van der Waals surface area contributed by atoms with Gasteiger partial charge in [0.15, 0.2) is 12.4 Å². The van der Waals surface area contributed by atoms with Crippen LogP contribution in [0.25, 0.3) is 6.08 Å².